The van der Waals surface area contributed by atoms with E-state index in [2.05, 4.69) is 14.9 Å². The van der Waals surface area contributed by atoms with Gasteiger partial charge >= 0.3 is 5.97 Å². The van der Waals surface area contributed by atoms with Gasteiger partial charge < -0.3 is 20.1 Å². The number of nitrogens with two attached hydrogens (primary N) is 1. The van der Waals surface area contributed by atoms with Gasteiger partial charge in [-0.25, -0.2) is 0 Å². The first-order chi connectivity index (χ1) is 10.0. The Balaban J connectivity index is 2.82. The molecule has 0 aromatic carbocycles. The molecule has 1 heterocycles. The molecule has 8 nitrogen and oxygen atoms in total. The smallest absolute Gasteiger partial charge is 0.307 e. The van der Waals surface area contributed by atoms with E-state index in [-0.39, 0.29) is 30.5 Å². The molecule has 0 unspecified atom stereocenters. The number of amides is 1. The van der Waals surface area contributed by atoms with Gasteiger partial charge in [-0.15, -0.1) is 0 Å². The first-order valence-corrected chi connectivity index (χ1v) is 6.72. The molecule has 1 aromatic rings. The summed E-state index contributed by atoms with van der Waals surface area (Å²) in [4.78, 5) is 25.2. The summed E-state index contributed by atoms with van der Waals surface area (Å²) in [5.74, 6) is -0.709. The number of rotatable bonds is 8. The van der Waals surface area contributed by atoms with E-state index in [0.717, 1.165) is 5.69 Å². The van der Waals surface area contributed by atoms with Crippen molar-refractivity contribution in [2.75, 3.05) is 39.6 Å². The number of ether oxygens (including phenoxy) is 2. The summed E-state index contributed by atoms with van der Waals surface area (Å²) in [6, 6.07) is 0. The molecule has 0 bridgehead atoms. The highest BCUT2D eigenvalue weighted by atomic mass is 16.5. The van der Waals surface area contributed by atoms with Crippen LogP contribution in [0, 0.1) is 0 Å². The summed E-state index contributed by atoms with van der Waals surface area (Å²) in [6.45, 7) is 2.85. The molecular formula is C13H22N4O4. The van der Waals surface area contributed by atoms with Crippen LogP contribution in [-0.2, 0) is 20.7 Å². The topological polar surface area (TPSA) is 111 Å². The van der Waals surface area contributed by atoms with Crippen LogP contribution in [0.2, 0.25) is 0 Å². The van der Waals surface area contributed by atoms with E-state index < -0.39 is 0 Å². The highest BCUT2D eigenvalue weighted by Crippen LogP contribution is 2.16. The van der Waals surface area contributed by atoms with Crippen LogP contribution in [0.15, 0.2) is 0 Å². The number of esters is 1. The second-order valence-electron chi connectivity index (χ2n) is 4.43. The molecule has 0 fully saturated rings. The molecule has 0 aliphatic heterocycles. The number of nitrogens with one attached hydrogen (secondary N) is 1. The van der Waals surface area contributed by atoms with E-state index in [1.54, 1.807) is 7.11 Å². The molecule has 1 rings (SSSR count). The zero-order valence-electron chi connectivity index (χ0n) is 12.6. The molecule has 0 saturated heterocycles. The normalized spacial score (nSPS) is 10.4. The molecule has 21 heavy (non-hydrogen) atoms. The Morgan fingerprint density at radius 3 is 2.57 bits per heavy atom. The number of hydrogen-bond donors (Lipinski definition) is 2. The second-order valence-corrected chi connectivity index (χ2v) is 4.43. The average Bonchev–Trinajstić information content (AvgIpc) is 2.87. The van der Waals surface area contributed by atoms with E-state index in [1.807, 2.05) is 6.92 Å². The van der Waals surface area contributed by atoms with Crippen molar-refractivity contribution in [2.45, 2.75) is 19.8 Å². The molecule has 1 aromatic heterocycles. The molecule has 0 radical (unpaired) electrons. The predicted molar refractivity (Wildman–Crippen MR) is 76.8 cm³/mol. The monoisotopic (exact) mass is 298 g/mol. The first kappa shape index (κ1) is 17.0. The summed E-state index contributed by atoms with van der Waals surface area (Å²) >= 11 is 0. The number of carbonyl (C=O) groups excluding carboxylic acids is 2. The largest absolute Gasteiger partial charge is 0.469 e. The fraction of sp³-hybridized carbons (Fsp3) is 0.615. The maximum atomic E-state index is 12.5. The lowest BCUT2D eigenvalue weighted by Crippen LogP contribution is -2.36. The predicted octanol–water partition coefficient (Wildman–Crippen LogP) is 0.206. The molecule has 0 aliphatic carbocycles. The molecular weight excluding hydrogens is 276 g/mol. The van der Waals surface area contributed by atoms with Crippen LogP contribution in [0.3, 0.4) is 0 Å². The van der Waals surface area contributed by atoms with Gasteiger partial charge in [0.1, 0.15) is 0 Å². The first-order valence-electron chi connectivity index (χ1n) is 6.72. The van der Waals surface area contributed by atoms with Crippen molar-refractivity contribution in [3.05, 3.63) is 11.4 Å². The number of aryl methyl sites for hydroxylation is 1. The lowest BCUT2D eigenvalue weighted by molar-refractivity contribution is -0.140. The minimum Gasteiger partial charge on any atom is -0.469 e. The number of methoxy groups -OCH3 is 2. The molecule has 0 atom stereocenters. The Morgan fingerprint density at radius 2 is 2.05 bits per heavy atom. The standard InChI is InChI=1S/C13H22N4O4/c1-4-9-11(14)12(16-15-9)13(19)17(7-8-20-2)6-5-10(18)21-3/h4-8,14H2,1-3H3,(H,15,16). The fourth-order valence-electron chi connectivity index (χ4n) is 1.81. The highest BCUT2D eigenvalue weighted by molar-refractivity contribution is 5.97. The van der Waals surface area contributed by atoms with Crippen LogP contribution >= 0.6 is 0 Å². The van der Waals surface area contributed by atoms with Crippen LogP contribution in [0.1, 0.15) is 29.5 Å². The summed E-state index contributed by atoms with van der Waals surface area (Å²) < 4.78 is 9.56. The lowest BCUT2D eigenvalue weighted by Gasteiger charge is -2.21. The minimum atomic E-state index is -0.380. The number of hydrogen-bond acceptors (Lipinski definition) is 6. The number of nitrogens with zero attached hydrogens (tertiary/aromatic N) is 2. The third-order valence-corrected chi connectivity index (χ3v) is 3.11. The molecule has 0 saturated carbocycles. The maximum absolute atomic E-state index is 12.5. The van der Waals surface area contributed by atoms with Crippen molar-refractivity contribution in [2.24, 2.45) is 0 Å². The van der Waals surface area contributed by atoms with E-state index in [9.17, 15) is 9.59 Å². The summed E-state index contributed by atoms with van der Waals surface area (Å²) in [7, 11) is 2.85. The van der Waals surface area contributed by atoms with E-state index in [1.165, 1.54) is 12.0 Å². The molecule has 0 spiro atoms. The van der Waals surface area contributed by atoms with Gasteiger partial charge in [-0.1, -0.05) is 6.92 Å². The zero-order chi connectivity index (χ0) is 15.8. The summed E-state index contributed by atoms with van der Waals surface area (Å²) in [5.41, 5.74) is 7.14. The van der Waals surface area contributed by atoms with E-state index in [0.29, 0.717) is 25.3 Å². The van der Waals surface area contributed by atoms with Crippen LogP contribution < -0.4 is 5.73 Å². The zero-order valence-corrected chi connectivity index (χ0v) is 12.6. The Bertz CT molecular complexity index is 487. The number of aromatic amines is 1. The van der Waals surface area contributed by atoms with Crippen molar-refractivity contribution in [3.8, 4) is 0 Å². The van der Waals surface area contributed by atoms with Gasteiger partial charge in [0, 0.05) is 20.2 Å². The number of H-pyrrole nitrogens is 1. The van der Waals surface area contributed by atoms with Gasteiger partial charge in [-0.3, -0.25) is 14.7 Å². The highest BCUT2D eigenvalue weighted by Gasteiger charge is 2.23. The fourth-order valence-corrected chi connectivity index (χ4v) is 1.81. The van der Waals surface area contributed by atoms with Gasteiger partial charge in [0.05, 0.1) is 31.5 Å². The van der Waals surface area contributed by atoms with Crippen molar-refractivity contribution in [1.82, 2.24) is 15.1 Å². The van der Waals surface area contributed by atoms with E-state index in [4.69, 9.17) is 10.5 Å². The van der Waals surface area contributed by atoms with Crippen molar-refractivity contribution < 1.29 is 19.1 Å². The van der Waals surface area contributed by atoms with Gasteiger partial charge in [0.15, 0.2) is 5.69 Å². The van der Waals surface area contributed by atoms with Gasteiger partial charge in [0.25, 0.3) is 5.91 Å². The van der Waals surface area contributed by atoms with Gasteiger partial charge in [-0.05, 0) is 6.42 Å². The number of carbonyl (C=O) groups is 2. The minimum absolute atomic E-state index is 0.108. The lowest BCUT2D eigenvalue weighted by atomic mass is 10.2. The quantitative estimate of drug-likeness (QED) is 0.664. The third-order valence-electron chi connectivity index (χ3n) is 3.11. The van der Waals surface area contributed by atoms with Crippen LogP contribution in [-0.4, -0.2) is 60.9 Å². The number of nitrogen functional groups attached to an aromatic ring is 1. The van der Waals surface area contributed by atoms with Gasteiger partial charge in [0.2, 0.25) is 0 Å². The van der Waals surface area contributed by atoms with Crippen LogP contribution in [0.25, 0.3) is 0 Å². The Hall–Kier alpha value is -2.09. The van der Waals surface area contributed by atoms with Crippen molar-refractivity contribution in [1.29, 1.82) is 0 Å². The molecule has 8 heteroatoms. The molecule has 0 aliphatic rings. The van der Waals surface area contributed by atoms with Crippen LogP contribution in [0.5, 0.6) is 0 Å². The van der Waals surface area contributed by atoms with Crippen molar-refractivity contribution >= 4 is 17.6 Å². The average molecular weight is 298 g/mol. The second kappa shape index (κ2) is 8.25. The third kappa shape index (κ3) is 4.45. The Morgan fingerprint density at radius 1 is 1.33 bits per heavy atom. The SMILES string of the molecule is CCc1[nH]nc(C(=O)N(CCOC)CCC(=O)OC)c1N. The maximum Gasteiger partial charge on any atom is 0.307 e. The molecule has 1 amide bonds. The number of aromatic nitrogens is 2. The van der Waals surface area contributed by atoms with E-state index >= 15 is 0 Å². The summed E-state index contributed by atoms with van der Waals surface area (Å²) in [6.07, 6.45) is 0.767. The molecule has 3 N–H and O–H groups in total. The molecule has 118 valence electrons. The Labute approximate surface area is 123 Å². The van der Waals surface area contributed by atoms with Gasteiger partial charge in [-0.2, -0.15) is 5.10 Å². The van der Waals surface area contributed by atoms with Crippen LogP contribution in [0.4, 0.5) is 5.69 Å². The van der Waals surface area contributed by atoms with Crippen molar-refractivity contribution in [3.63, 3.8) is 0 Å². The summed E-state index contributed by atoms with van der Waals surface area (Å²) in [5, 5.41) is 6.71. The Kier molecular flexibility index (Phi) is 6.67. The number of anilines is 1.